The third kappa shape index (κ3) is 1.36. The Kier molecular flexibility index (Phi) is 2.17. The van der Waals surface area contributed by atoms with Crippen molar-refractivity contribution in [3.8, 4) is 5.75 Å². The van der Waals surface area contributed by atoms with Crippen LogP contribution in [0.15, 0.2) is 28.9 Å². The fourth-order valence-electron chi connectivity index (χ4n) is 1.51. The molecule has 0 aliphatic heterocycles. The van der Waals surface area contributed by atoms with Gasteiger partial charge in [0.1, 0.15) is 11.3 Å². The van der Waals surface area contributed by atoms with Crippen LogP contribution in [-0.2, 0) is 0 Å². The van der Waals surface area contributed by atoms with E-state index in [1.165, 1.54) is 0 Å². The van der Waals surface area contributed by atoms with Crippen LogP contribution >= 0.6 is 0 Å². The van der Waals surface area contributed by atoms with Crippen molar-refractivity contribution in [3.05, 3.63) is 30.0 Å². The standard InChI is InChI=1S/C11H13NO2/c1-7(12)10-6-14-11-4-3-8(13-2)5-9(10)11/h3-7H,12H2,1-2H3. The van der Waals surface area contributed by atoms with E-state index < -0.39 is 0 Å². The van der Waals surface area contributed by atoms with Gasteiger partial charge in [0.15, 0.2) is 0 Å². The molecule has 1 aromatic heterocycles. The van der Waals surface area contributed by atoms with Crippen molar-refractivity contribution in [1.82, 2.24) is 0 Å². The number of fused-ring (bicyclic) bond motifs is 1. The van der Waals surface area contributed by atoms with Crippen molar-refractivity contribution in [2.75, 3.05) is 7.11 Å². The number of nitrogens with two attached hydrogens (primary N) is 1. The molecular weight excluding hydrogens is 178 g/mol. The average Bonchev–Trinajstić information content (AvgIpc) is 2.59. The van der Waals surface area contributed by atoms with E-state index in [-0.39, 0.29) is 6.04 Å². The number of hydrogen-bond donors (Lipinski definition) is 1. The average molecular weight is 191 g/mol. The summed E-state index contributed by atoms with van der Waals surface area (Å²) in [7, 11) is 1.65. The molecule has 1 atom stereocenters. The molecule has 14 heavy (non-hydrogen) atoms. The minimum atomic E-state index is -0.0247. The lowest BCUT2D eigenvalue weighted by atomic mass is 10.1. The van der Waals surface area contributed by atoms with Crippen LogP contribution in [0.3, 0.4) is 0 Å². The molecule has 1 heterocycles. The third-order valence-electron chi connectivity index (χ3n) is 2.30. The molecular formula is C11H13NO2. The summed E-state index contributed by atoms with van der Waals surface area (Å²) < 4.78 is 10.5. The molecule has 0 saturated carbocycles. The topological polar surface area (TPSA) is 48.4 Å². The van der Waals surface area contributed by atoms with Crippen LogP contribution in [0.5, 0.6) is 5.75 Å². The van der Waals surface area contributed by atoms with Crippen molar-refractivity contribution in [3.63, 3.8) is 0 Å². The lowest BCUT2D eigenvalue weighted by Gasteiger charge is -2.02. The second-order valence-corrected chi connectivity index (χ2v) is 3.34. The highest BCUT2D eigenvalue weighted by Crippen LogP contribution is 2.28. The second kappa shape index (κ2) is 3.35. The van der Waals surface area contributed by atoms with E-state index in [2.05, 4.69) is 0 Å². The maximum absolute atomic E-state index is 5.81. The first-order valence-electron chi connectivity index (χ1n) is 4.53. The zero-order chi connectivity index (χ0) is 10.1. The second-order valence-electron chi connectivity index (χ2n) is 3.34. The van der Waals surface area contributed by atoms with E-state index in [0.717, 1.165) is 22.3 Å². The molecule has 0 fully saturated rings. The van der Waals surface area contributed by atoms with Crippen LogP contribution in [0.2, 0.25) is 0 Å². The molecule has 1 unspecified atom stereocenters. The minimum absolute atomic E-state index is 0.0247. The molecule has 0 aliphatic carbocycles. The van der Waals surface area contributed by atoms with Gasteiger partial charge in [-0.25, -0.2) is 0 Å². The van der Waals surface area contributed by atoms with E-state index in [1.807, 2.05) is 25.1 Å². The molecule has 0 aliphatic rings. The smallest absolute Gasteiger partial charge is 0.134 e. The predicted molar refractivity (Wildman–Crippen MR) is 55.4 cm³/mol. The van der Waals surface area contributed by atoms with Gasteiger partial charge in [-0.15, -0.1) is 0 Å². The molecule has 0 saturated heterocycles. The molecule has 0 spiro atoms. The number of ether oxygens (including phenoxy) is 1. The normalized spacial score (nSPS) is 13.1. The SMILES string of the molecule is COc1ccc2occ(C(C)N)c2c1. The van der Waals surface area contributed by atoms with E-state index in [0.29, 0.717) is 0 Å². The van der Waals surface area contributed by atoms with Crippen LogP contribution < -0.4 is 10.5 Å². The zero-order valence-corrected chi connectivity index (χ0v) is 8.28. The summed E-state index contributed by atoms with van der Waals surface area (Å²) in [6.07, 6.45) is 1.70. The van der Waals surface area contributed by atoms with Gasteiger partial charge in [-0.05, 0) is 25.1 Å². The van der Waals surface area contributed by atoms with Gasteiger partial charge in [-0.2, -0.15) is 0 Å². The lowest BCUT2D eigenvalue weighted by molar-refractivity contribution is 0.415. The van der Waals surface area contributed by atoms with E-state index in [4.69, 9.17) is 14.9 Å². The van der Waals surface area contributed by atoms with Gasteiger partial charge in [0, 0.05) is 17.0 Å². The van der Waals surface area contributed by atoms with Crippen LogP contribution in [0, 0.1) is 0 Å². The van der Waals surface area contributed by atoms with E-state index in [1.54, 1.807) is 13.4 Å². The van der Waals surface area contributed by atoms with Gasteiger partial charge < -0.3 is 14.9 Å². The van der Waals surface area contributed by atoms with E-state index >= 15 is 0 Å². The Labute approximate surface area is 82.5 Å². The summed E-state index contributed by atoms with van der Waals surface area (Å²) in [5.74, 6) is 0.820. The van der Waals surface area contributed by atoms with Gasteiger partial charge in [0.2, 0.25) is 0 Å². The summed E-state index contributed by atoms with van der Waals surface area (Å²) in [6.45, 7) is 1.93. The quantitative estimate of drug-likeness (QED) is 0.793. The molecule has 0 radical (unpaired) electrons. The first-order valence-corrected chi connectivity index (χ1v) is 4.53. The largest absolute Gasteiger partial charge is 0.497 e. The summed E-state index contributed by atoms with van der Waals surface area (Å²) in [4.78, 5) is 0. The first kappa shape index (κ1) is 9.09. The van der Waals surface area contributed by atoms with Gasteiger partial charge in [-0.3, -0.25) is 0 Å². The van der Waals surface area contributed by atoms with E-state index in [9.17, 15) is 0 Å². The molecule has 2 aromatic rings. The van der Waals surface area contributed by atoms with Gasteiger partial charge in [0.25, 0.3) is 0 Å². The zero-order valence-electron chi connectivity index (χ0n) is 8.28. The van der Waals surface area contributed by atoms with Crippen molar-refractivity contribution in [2.45, 2.75) is 13.0 Å². The fraction of sp³-hybridized carbons (Fsp3) is 0.273. The van der Waals surface area contributed by atoms with Crippen molar-refractivity contribution in [2.24, 2.45) is 5.73 Å². The molecule has 3 heteroatoms. The number of hydrogen-bond acceptors (Lipinski definition) is 3. The highest BCUT2D eigenvalue weighted by Gasteiger charge is 2.09. The molecule has 2 N–H and O–H groups in total. The number of methoxy groups -OCH3 is 1. The first-order chi connectivity index (χ1) is 6.72. The maximum Gasteiger partial charge on any atom is 0.134 e. The number of benzene rings is 1. The Hall–Kier alpha value is -1.48. The third-order valence-corrected chi connectivity index (χ3v) is 2.30. The Balaban J connectivity index is 2.63. The van der Waals surface area contributed by atoms with Crippen molar-refractivity contribution < 1.29 is 9.15 Å². The molecule has 1 aromatic carbocycles. The fourth-order valence-corrected chi connectivity index (χ4v) is 1.51. The summed E-state index contributed by atoms with van der Waals surface area (Å²) in [5, 5.41) is 1.03. The summed E-state index contributed by atoms with van der Waals surface area (Å²) >= 11 is 0. The summed E-state index contributed by atoms with van der Waals surface area (Å²) in [5.41, 5.74) is 7.67. The molecule has 74 valence electrons. The molecule has 3 nitrogen and oxygen atoms in total. The maximum atomic E-state index is 5.81. The highest BCUT2D eigenvalue weighted by atomic mass is 16.5. The van der Waals surface area contributed by atoms with Crippen molar-refractivity contribution in [1.29, 1.82) is 0 Å². The van der Waals surface area contributed by atoms with Crippen LogP contribution in [0.4, 0.5) is 0 Å². The monoisotopic (exact) mass is 191 g/mol. The molecule has 2 rings (SSSR count). The lowest BCUT2D eigenvalue weighted by Crippen LogP contribution is -2.03. The van der Waals surface area contributed by atoms with Gasteiger partial charge in [0.05, 0.1) is 13.4 Å². The Morgan fingerprint density at radius 3 is 2.86 bits per heavy atom. The molecule has 0 bridgehead atoms. The Bertz CT molecular complexity index is 445. The van der Waals surface area contributed by atoms with Crippen LogP contribution in [0.1, 0.15) is 18.5 Å². The van der Waals surface area contributed by atoms with Gasteiger partial charge in [-0.1, -0.05) is 0 Å². The van der Waals surface area contributed by atoms with Crippen molar-refractivity contribution >= 4 is 11.0 Å². The summed E-state index contributed by atoms with van der Waals surface area (Å²) in [6, 6.07) is 5.68. The highest BCUT2D eigenvalue weighted by molar-refractivity contribution is 5.83. The van der Waals surface area contributed by atoms with Gasteiger partial charge >= 0.3 is 0 Å². The number of furan rings is 1. The van der Waals surface area contributed by atoms with Crippen LogP contribution in [-0.4, -0.2) is 7.11 Å². The Morgan fingerprint density at radius 2 is 2.21 bits per heavy atom. The Morgan fingerprint density at radius 1 is 1.43 bits per heavy atom. The van der Waals surface area contributed by atoms with Crippen LogP contribution in [0.25, 0.3) is 11.0 Å². The predicted octanol–water partition coefficient (Wildman–Crippen LogP) is 2.46. The molecule has 0 amide bonds. The number of rotatable bonds is 2. The minimum Gasteiger partial charge on any atom is -0.497 e.